The van der Waals surface area contributed by atoms with Gasteiger partial charge in [-0.2, -0.15) is 0 Å². The summed E-state index contributed by atoms with van der Waals surface area (Å²) in [7, 11) is -9.94. The van der Waals surface area contributed by atoms with Gasteiger partial charge in [0.2, 0.25) is 0 Å². The summed E-state index contributed by atoms with van der Waals surface area (Å²) < 4.78 is 69.1. The number of unbranched alkanes of at least 4 members (excludes halogenated alkanes) is 62. The number of phosphoric ester groups is 2. The molecule has 0 saturated heterocycles. The van der Waals surface area contributed by atoms with Gasteiger partial charge in [0, 0.05) is 25.7 Å². The van der Waals surface area contributed by atoms with Crippen molar-refractivity contribution in [3.8, 4) is 0 Å². The fraction of sp³-hybridized carbons (Fsp3) is 0.956. The van der Waals surface area contributed by atoms with Gasteiger partial charge in [-0.05, 0) is 31.6 Å². The summed E-state index contributed by atoms with van der Waals surface area (Å²) in [6.45, 7) is 7.40. The van der Waals surface area contributed by atoms with E-state index in [1.54, 1.807) is 0 Å². The molecule has 3 N–H and O–H groups in total. The highest BCUT2D eigenvalue weighted by molar-refractivity contribution is 7.47. The second-order valence-corrected chi connectivity index (χ2v) is 35.8. The first-order chi connectivity index (χ1) is 53.6. The van der Waals surface area contributed by atoms with Gasteiger partial charge in [-0.15, -0.1) is 0 Å². The Hall–Kier alpha value is -1.94. The van der Waals surface area contributed by atoms with E-state index in [-0.39, 0.29) is 25.7 Å². The molecule has 0 radical (unpaired) electrons. The van der Waals surface area contributed by atoms with Crippen LogP contribution in [0, 0.1) is 5.92 Å². The minimum absolute atomic E-state index is 0.109. The molecule has 0 aliphatic heterocycles. The molecule has 0 aromatic carbocycles. The molecule has 654 valence electrons. The van der Waals surface area contributed by atoms with Gasteiger partial charge in [0.05, 0.1) is 26.4 Å². The van der Waals surface area contributed by atoms with Crippen molar-refractivity contribution < 1.29 is 80.2 Å². The topological polar surface area (TPSA) is 237 Å². The minimum Gasteiger partial charge on any atom is -0.462 e. The van der Waals surface area contributed by atoms with Gasteiger partial charge in [-0.3, -0.25) is 37.3 Å². The number of carbonyl (C=O) groups excluding carboxylic acids is 4. The maximum atomic E-state index is 13.2. The molecule has 3 unspecified atom stereocenters. The van der Waals surface area contributed by atoms with Crippen molar-refractivity contribution in [1.29, 1.82) is 0 Å². The molecule has 19 heteroatoms. The molecule has 0 spiro atoms. The number of hydrogen-bond donors (Lipinski definition) is 3. The highest BCUT2D eigenvalue weighted by Gasteiger charge is 2.31. The smallest absolute Gasteiger partial charge is 0.462 e. The van der Waals surface area contributed by atoms with Crippen molar-refractivity contribution in [2.75, 3.05) is 39.6 Å². The highest BCUT2D eigenvalue weighted by Crippen LogP contribution is 2.45. The molecule has 0 aliphatic rings. The van der Waals surface area contributed by atoms with Crippen molar-refractivity contribution in [3.63, 3.8) is 0 Å². The third-order valence-electron chi connectivity index (χ3n) is 21.9. The van der Waals surface area contributed by atoms with Gasteiger partial charge in [-0.25, -0.2) is 9.13 Å². The third-order valence-corrected chi connectivity index (χ3v) is 23.8. The second-order valence-electron chi connectivity index (χ2n) is 32.9. The van der Waals surface area contributed by atoms with E-state index < -0.39 is 97.5 Å². The average Bonchev–Trinajstić information content (AvgIpc) is 0.898. The largest absolute Gasteiger partial charge is 0.472 e. The average molecular weight is 1610 g/mol. The lowest BCUT2D eigenvalue weighted by molar-refractivity contribution is -0.161. The molecule has 0 saturated carbocycles. The lowest BCUT2D eigenvalue weighted by atomic mass is 9.99. The Morgan fingerprint density at radius 1 is 0.255 bits per heavy atom. The number of ether oxygens (including phenoxy) is 4. The molecule has 0 aliphatic carbocycles. The van der Waals surface area contributed by atoms with E-state index >= 15 is 0 Å². The predicted molar refractivity (Wildman–Crippen MR) is 455 cm³/mol. The van der Waals surface area contributed by atoms with E-state index in [0.29, 0.717) is 25.7 Å². The highest BCUT2D eigenvalue weighted by atomic mass is 31.2. The molecule has 0 heterocycles. The number of aliphatic hydroxyl groups is 1. The van der Waals surface area contributed by atoms with E-state index in [9.17, 15) is 43.2 Å². The Bertz CT molecular complexity index is 2080. The molecule has 0 aromatic rings. The zero-order valence-corrected chi connectivity index (χ0v) is 74.2. The number of hydrogen-bond acceptors (Lipinski definition) is 15. The number of rotatable bonds is 91. The first-order valence-corrected chi connectivity index (χ1v) is 50.2. The van der Waals surface area contributed by atoms with Crippen molar-refractivity contribution in [2.45, 2.75) is 515 Å². The first-order valence-electron chi connectivity index (χ1n) is 47.2. The van der Waals surface area contributed by atoms with E-state index in [0.717, 1.165) is 95.8 Å². The summed E-state index contributed by atoms with van der Waals surface area (Å²) in [6.07, 6.45) is 79.2. The number of carbonyl (C=O) groups is 4. The molecule has 110 heavy (non-hydrogen) atoms. The van der Waals surface area contributed by atoms with Gasteiger partial charge < -0.3 is 33.8 Å². The Kier molecular flexibility index (Phi) is 82.1. The zero-order valence-electron chi connectivity index (χ0n) is 72.4. The number of aliphatic hydroxyl groups excluding tert-OH is 1. The zero-order chi connectivity index (χ0) is 80.4. The summed E-state index contributed by atoms with van der Waals surface area (Å²) >= 11 is 0. The SMILES string of the molecule is CCCCCCCCCCCCCCCCCCCCCCCC(=O)O[C@H](COC(=O)CCCCCCCCCCCCCCCCCCCCC)COP(=O)(O)OC[C@@H](O)COP(=O)(O)OC[C@@H](COC(=O)CCCCCCCCCCC(C)CC)OC(=O)CCCCCCCCCCCCCCCCCCCC. The lowest BCUT2D eigenvalue weighted by Gasteiger charge is -2.21. The maximum Gasteiger partial charge on any atom is 0.472 e. The first kappa shape index (κ1) is 108. The van der Waals surface area contributed by atoms with Crippen LogP contribution >= 0.6 is 15.6 Å². The number of phosphoric acid groups is 2. The summed E-state index contributed by atoms with van der Waals surface area (Å²) in [6, 6.07) is 0. The van der Waals surface area contributed by atoms with E-state index in [2.05, 4.69) is 34.6 Å². The van der Waals surface area contributed by atoms with E-state index in [4.69, 9.17) is 37.0 Å². The molecular formula is C91H178O17P2. The Labute approximate surface area is 677 Å². The Morgan fingerprint density at radius 2 is 0.436 bits per heavy atom. The Balaban J connectivity index is 5.25. The molecule has 0 amide bonds. The van der Waals surface area contributed by atoms with Crippen molar-refractivity contribution in [3.05, 3.63) is 0 Å². The predicted octanol–water partition coefficient (Wildman–Crippen LogP) is 28.3. The maximum absolute atomic E-state index is 13.2. The van der Waals surface area contributed by atoms with Crippen LogP contribution in [0.15, 0.2) is 0 Å². The van der Waals surface area contributed by atoms with Gasteiger partial charge in [0.1, 0.15) is 19.3 Å². The van der Waals surface area contributed by atoms with Crippen LogP contribution in [0.3, 0.4) is 0 Å². The molecule has 0 aromatic heterocycles. The molecule has 0 rings (SSSR count). The second kappa shape index (κ2) is 83.5. The summed E-state index contributed by atoms with van der Waals surface area (Å²) in [5.74, 6) is -1.32. The van der Waals surface area contributed by atoms with Crippen LogP contribution in [-0.4, -0.2) is 96.7 Å². The van der Waals surface area contributed by atoms with Crippen LogP contribution < -0.4 is 0 Å². The van der Waals surface area contributed by atoms with E-state index in [1.807, 2.05) is 0 Å². The van der Waals surface area contributed by atoms with Crippen molar-refractivity contribution >= 4 is 39.5 Å². The molecule has 6 atom stereocenters. The van der Waals surface area contributed by atoms with Gasteiger partial charge in [0.15, 0.2) is 12.2 Å². The van der Waals surface area contributed by atoms with Crippen LogP contribution in [-0.2, 0) is 65.4 Å². The van der Waals surface area contributed by atoms with Crippen LogP contribution in [0.2, 0.25) is 0 Å². The fourth-order valence-electron chi connectivity index (χ4n) is 14.3. The number of esters is 4. The van der Waals surface area contributed by atoms with Crippen LogP contribution in [0.1, 0.15) is 497 Å². The summed E-state index contributed by atoms with van der Waals surface area (Å²) in [5, 5.41) is 10.7. The Morgan fingerprint density at radius 3 is 0.645 bits per heavy atom. The quantitative estimate of drug-likeness (QED) is 0.0222. The van der Waals surface area contributed by atoms with Crippen LogP contribution in [0.4, 0.5) is 0 Å². The van der Waals surface area contributed by atoms with Crippen molar-refractivity contribution in [2.24, 2.45) is 5.92 Å². The molecular weight excluding hydrogens is 1430 g/mol. The summed E-state index contributed by atoms with van der Waals surface area (Å²) in [5.41, 5.74) is 0. The van der Waals surface area contributed by atoms with Gasteiger partial charge in [0.25, 0.3) is 0 Å². The molecule has 17 nitrogen and oxygen atoms in total. The van der Waals surface area contributed by atoms with Crippen molar-refractivity contribution in [1.82, 2.24) is 0 Å². The van der Waals surface area contributed by atoms with Crippen LogP contribution in [0.5, 0.6) is 0 Å². The van der Waals surface area contributed by atoms with E-state index in [1.165, 1.54) is 321 Å². The van der Waals surface area contributed by atoms with Gasteiger partial charge in [-0.1, -0.05) is 446 Å². The fourth-order valence-corrected chi connectivity index (χ4v) is 15.9. The molecule has 0 fully saturated rings. The summed E-state index contributed by atoms with van der Waals surface area (Å²) in [4.78, 5) is 73.4. The van der Waals surface area contributed by atoms with Gasteiger partial charge >= 0.3 is 39.5 Å². The minimum atomic E-state index is -4.97. The van der Waals surface area contributed by atoms with Crippen LogP contribution in [0.25, 0.3) is 0 Å². The monoisotopic (exact) mass is 1610 g/mol. The lowest BCUT2D eigenvalue weighted by Crippen LogP contribution is -2.30. The normalized spacial score (nSPS) is 13.9. The molecule has 0 bridgehead atoms. The third kappa shape index (κ3) is 82.6. The standard InChI is InChI=1S/C91H178O17P2/c1-6-10-13-16-19-22-25-28-31-34-37-38-40-43-46-49-52-55-62-67-72-76-90(95)107-86(80-101-88(93)74-69-64-59-53-50-47-44-42-39-35-32-29-26-23-20-17-14-11-7-2)82-105-109(97,98)103-78-85(92)79-104-110(99,100)106-83-87(81-102-89(94)75-70-65-60-57-56-58-63-68-73-84(5)9-4)108-91(96)77-71-66-61-54-51-48-45-41-36-33-30-27-24-21-18-15-12-8-3/h84-87,92H,6-83H2,1-5H3,(H,97,98)(H,99,100)/t84?,85-,86-,87-/m1/s1.